The summed E-state index contributed by atoms with van der Waals surface area (Å²) in [4.78, 5) is 28.3. The molecular formula is C29H33Cl2FN2O5. The fourth-order valence-corrected chi connectivity index (χ4v) is 6.16. The van der Waals surface area contributed by atoms with Crippen molar-refractivity contribution in [2.75, 3.05) is 26.4 Å². The Kier molecular flexibility index (Phi) is 8.38. The Balaban J connectivity index is 1.23. The van der Waals surface area contributed by atoms with Crippen LogP contribution in [0.2, 0.25) is 10.0 Å². The zero-order valence-electron chi connectivity index (χ0n) is 22.0. The zero-order valence-corrected chi connectivity index (χ0v) is 23.6. The first-order valence-electron chi connectivity index (χ1n) is 13.4. The third kappa shape index (κ3) is 6.19. The number of benzene rings is 2. The van der Waals surface area contributed by atoms with E-state index < -0.39 is 29.8 Å². The minimum atomic E-state index is -1.17. The van der Waals surface area contributed by atoms with E-state index in [1.807, 2.05) is 12.1 Å². The maximum atomic E-state index is 15.2. The Morgan fingerprint density at radius 3 is 2.38 bits per heavy atom. The number of carboxylic acid groups (broad SMARTS) is 1. The maximum Gasteiger partial charge on any atom is 0.329 e. The average molecular weight is 579 g/mol. The van der Waals surface area contributed by atoms with Gasteiger partial charge < -0.3 is 14.6 Å². The van der Waals surface area contributed by atoms with Crippen LogP contribution in [0.15, 0.2) is 30.3 Å². The Morgan fingerprint density at radius 1 is 1.10 bits per heavy atom. The smallest absolute Gasteiger partial charge is 0.329 e. The lowest BCUT2D eigenvalue weighted by Crippen LogP contribution is -2.44. The summed E-state index contributed by atoms with van der Waals surface area (Å²) in [6.45, 7) is 5.83. The van der Waals surface area contributed by atoms with Crippen LogP contribution in [-0.4, -0.2) is 65.4 Å². The molecule has 0 radical (unpaired) electrons. The molecule has 210 valence electrons. The lowest BCUT2D eigenvalue weighted by Gasteiger charge is -2.36. The molecule has 1 amide bonds. The van der Waals surface area contributed by atoms with Gasteiger partial charge in [-0.15, -0.1) is 0 Å². The van der Waals surface area contributed by atoms with E-state index in [0.717, 1.165) is 54.8 Å². The molecule has 3 aliphatic rings. The van der Waals surface area contributed by atoms with Gasteiger partial charge in [0.2, 0.25) is 0 Å². The summed E-state index contributed by atoms with van der Waals surface area (Å²) in [7, 11) is 0. The zero-order chi connectivity index (χ0) is 27.8. The monoisotopic (exact) mass is 578 g/mol. The van der Waals surface area contributed by atoms with Crippen molar-refractivity contribution in [1.29, 1.82) is 0 Å². The summed E-state index contributed by atoms with van der Waals surface area (Å²) in [5, 5.41) is 10.8. The van der Waals surface area contributed by atoms with Gasteiger partial charge in [-0.2, -0.15) is 0 Å². The number of hydrogen-bond acceptors (Lipinski definition) is 5. The minimum Gasteiger partial charge on any atom is -0.493 e. The Hall–Kier alpha value is -2.39. The Bertz CT molecular complexity index is 1230. The number of carbonyl (C=O) groups is 2. The molecule has 2 aromatic rings. The topological polar surface area (TPSA) is 79.3 Å². The highest BCUT2D eigenvalue weighted by Crippen LogP contribution is 2.45. The Labute approximate surface area is 237 Å². The van der Waals surface area contributed by atoms with Crippen LogP contribution in [0, 0.1) is 11.7 Å². The first-order valence-corrected chi connectivity index (χ1v) is 14.2. The van der Waals surface area contributed by atoms with Gasteiger partial charge in [-0.25, -0.2) is 9.18 Å². The first kappa shape index (κ1) is 28.1. The fourth-order valence-electron chi connectivity index (χ4n) is 5.61. The molecule has 5 rings (SSSR count). The molecule has 0 bridgehead atoms. The highest BCUT2D eigenvalue weighted by Gasteiger charge is 2.42. The van der Waals surface area contributed by atoms with Crippen LogP contribution in [0.3, 0.4) is 0 Å². The van der Waals surface area contributed by atoms with Crippen molar-refractivity contribution in [1.82, 2.24) is 9.80 Å². The molecule has 1 aliphatic carbocycles. The molecule has 1 N–H and O–H groups in total. The van der Waals surface area contributed by atoms with Gasteiger partial charge in [-0.05, 0) is 99.8 Å². The minimum absolute atomic E-state index is 0.142. The summed E-state index contributed by atoms with van der Waals surface area (Å²) in [5.74, 6) is -1.56. The number of nitrogens with zero attached hydrogens (tertiary/aromatic N) is 2. The van der Waals surface area contributed by atoms with Crippen molar-refractivity contribution in [3.8, 4) is 5.75 Å². The molecule has 1 unspecified atom stereocenters. The highest BCUT2D eigenvalue weighted by molar-refractivity contribution is 6.34. The van der Waals surface area contributed by atoms with Crippen molar-refractivity contribution in [3.05, 3.63) is 62.9 Å². The van der Waals surface area contributed by atoms with Gasteiger partial charge in [0.05, 0.1) is 18.3 Å². The predicted molar refractivity (Wildman–Crippen MR) is 146 cm³/mol. The number of carboxylic acids is 1. The van der Waals surface area contributed by atoms with Gasteiger partial charge in [0.15, 0.2) is 6.04 Å². The molecule has 2 aromatic carbocycles. The number of rotatable bonds is 8. The van der Waals surface area contributed by atoms with Gasteiger partial charge in [0, 0.05) is 22.2 Å². The SMILES string of the molecule is CC(c1cc(Cl)cc(Cl)c1)N1CCC(COc2cc(F)c(C(=O)N3CO[C@H](C)[C@H]3C(=O)O)cc2C2CC2)CC1. The van der Waals surface area contributed by atoms with E-state index in [2.05, 4.69) is 11.8 Å². The van der Waals surface area contributed by atoms with E-state index in [4.69, 9.17) is 32.7 Å². The molecular weight excluding hydrogens is 546 g/mol. The van der Waals surface area contributed by atoms with Gasteiger partial charge in [-0.3, -0.25) is 14.6 Å². The second-order valence-corrected chi connectivity index (χ2v) is 11.7. The number of piperidine rings is 1. The lowest BCUT2D eigenvalue weighted by molar-refractivity contribution is -0.142. The highest BCUT2D eigenvalue weighted by atomic mass is 35.5. The molecule has 2 saturated heterocycles. The number of likely N-dealkylation sites (tertiary alicyclic amines) is 1. The van der Waals surface area contributed by atoms with Crippen molar-refractivity contribution in [2.45, 2.75) is 63.6 Å². The number of carbonyl (C=O) groups excluding carboxylic acids is 1. The summed E-state index contributed by atoms with van der Waals surface area (Å²) in [5.41, 5.74) is 1.76. The van der Waals surface area contributed by atoms with Crippen molar-refractivity contribution in [2.24, 2.45) is 5.92 Å². The summed E-state index contributed by atoms with van der Waals surface area (Å²) < 4.78 is 26.8. The fraction of sp³-hybridized carbons (Fsp3) is 0.517. The molecule has 2 aliphatic heterocycles. The van der Waals surface area contributed by atoms with E-state index in [1.165, 1.54) is 6.07 Å². The second-order valence-electron chi connectivity index (χ2n) is 10.9. The van der Waals surface area contributed by atoms with Crippen LogP contribution in [0.25, 0.3) is 0 Å². The van der Waals surface area contributed by atoms with Crippen molar-refractivity contribution in [3.63, 3.8) is 0 Å². The lowest BCUT2D eigenvalue weighted by atomic mass is 9.95. The summed E-state index contributed by atoms with van der Waals surface area (Å²) in [6.07, 6.45) is 3.11. The third-order valence-corrected chi connectivity index (χ3v) is 8.59. The van der Waals surface area contributed by atoms with Gasteiger partial charge >= 0.3 is 5.97 Å². The van der Waals surface area contributed by atoms with Crippen LogP contribution >= 0.6 is 23.2 Å². The van der Waals surface area contributed by atoms with E-state index in [9.17, 15) is 14.7 Å². The standard InChI is InChI=1S/C29H33Cl2FN2O5/c1-16(20-9-21(30)11-22(31)10-20)33-7-5-18(6-8-33)14-38-26-13-25(32)24(12-23(26)19-3-4-19)28(35)34-15-39-17(2)27(34)29(36)37/h9-13,16-19,27H,3-8,14-15H2,1-2H3,(H,36,37)/t16?,17-,27+/m1/s1. The van der Waals surface area contributed by atoms with Crippen LogP contribution < -0.4 is 4.74 Å². The molecule has 2 heterocycles. The third-order valence-electron chi connectivity index (χ3n) is 8.16. The van der Waals surface area contributed by atoms with E-state index in [-0.39, 0.29) is 24.3 Å². The normalized spacial score (nSPS) is 23.2. The van der Waals surface area contributed by atoms with Gasteiger partial charge in [-0.1, -0.05) is 23.2 Å². The molecule has 1 saturated carbocycles. The quantitative estimate of drug-likeness (QED) is 0.405. The van der Waals surface area contributed by atoms with Crippen molar-refractivity contribution < 1.29 is 28.6 Å². The maximum absolute atomic E-state index is 15.2. The van der Waals surface area contributed by atoms with Crippen LogP contribution in [0.5, 0.6) is 5.75 Å². The number of halogens is 3. The number of ether oxygens (including phenoxy) is 2. The van der Waals surface area contributed by atoms with Crippen LogP contribution in [0.4, 0.5) is 4.39 Å². The molecule has 0 aromatic heterocycles. The van der Waals surface area contributed by atoms with E-state index in [1.54, 1.807) is 19.1 Å². The molecule has 39 heavy (non-hydrogen) atoms. The van der Waals surface area contributed by atoms with Crippen LogP contribution in [0.1, 0.15) is 73.0 Å². The number of aliphatic carboxylic acids is 1. The molecule has 0 spiro atoms. The largest absolute Gasteiger partial charge is 0.493 e. The summed E-state index contributed by atoms with van der Waals surface area (Å²) in [6, 6.07) is 7.52. The summed E-state index contributed by atoms with van der Waals surface area (Å²) >= 11 is 12.4. The average Bonchev–Trinajstić information content (AvgIpc) is 3.66. The van der Waals surface area contributed by atoms with E-state index in [0.29, 0.717) is 28.3 Å². The predicted octanol–water partition coefficient (Wildman–Crippen LogP) is 6.13. The molecule has 3 atom stereocenters. The molecule has 10 heteroatoms. The number of hydrogen-bond donors (Lipinski definition) is 1. The van der Waals surface area contributed by atoms with Crippen LogP contribution in [-0.2, 0) is 9.53 Å². The second kappa shape index (κ2) is 11.6. The van der Waals surface area contributed by atoms with Gasteiger partial charge in [0.1, 0.15) is 18.3 Å². The first-order chi connectivity index (χ1) is 18.6. The molecule has 7 nitrogen and oxygen atoms in total. The van der Waals surface area contributed by atoms with Gasteiger partial charge in [0.25, 0.3) is 5.91 Å². The Morgan fingerprint density at radius 2 is 1.77 bits per heavy atom. The number of amides is 1. The molecule has 3 fully saturated rings. The van der Waals surface area contributed by atoms with E-state index >= 15 is 4.39 Å². The van der Waals surface area contributed by atoms with Crippen molar-refractivity contribution >= 4 is 35.1 Å².